The van der Waals surface area contributed by atoms with Crippen LogP contribution in [-0.4, -0.2) is 27.3 Å². The van der Waals surface area contributed by atoms with Gasteiger partial charge >= 0.3 is 16.1 Å². The molecule has 0 atom stereocenters. The van der Waals surface area contributed by atoms with Gasteiger partial charge in [-0.15, -0.1) is 0 Å². The Morgan fingerprint density at radius 1 is 1.04 bits per heavy atom. The second kappa shape index (κ2) is 6.09. The second-order valence-electron chi connectivity index (χ2n) is 5.26. The van der Waals surface area contributed by atoms with Crippen LogP contribution in [0.25, 0.3) is 0 Å². The van der Waals surface area contributed by atoms with E-state index in [0.717, 1.165) is 0 Å². The van der Waals surface area contributed by atoms with Gasteiger partial charge in [0, 0.05) is 17.5 Å². The highest BCUT2D eigenvalue weighted by atomic mass is 32.2. The van der Waals surface area contributed by atoms with Crippen molar-refractivity contribution >= 4 is 21.9 Å². The van der Waals surface area contributed by atoms with E-state index in [-0.39, 0.29) is 22.0 Å². The van der Waals surface area contributed by atoms with Crippen molar-refractivity contribution in [2.75, 3.05) is 7.11 Å². The molecular formula is C17H14O6S. The third kappa shape index (κ3) is 2.90. The Bertz CT molecular complexity index is 913. The summed E-state index contributed by atoms with van der Waals surface area (Å²) in [5, 5.41) is 0. The van der Waals surface area contributed by atoms with Crippen LogP contribution in [0.3, 0.4) is 0 Å². The van der Waals surface area contributed by atoms with Crippen LogP contribution in [0.5, 0.6) is 5.75 Å². The minimum atomic E-state index is -4.06. The molecule has 0 radical (unpaired) electrons. The fourth-order valence-electron chi connectivity index (χ4n) is 2.58. The van der Waals surface area contributed by atoms with E-state index in [1.54, 1.807) is 12.1 Å². The molecule has 124 valence electrons. The molecule has 0 amide bonds. The van der Waals surface area contributed by atoms with Gasteiger partial charge < -0.3 is 8.92 Å². The number of carbonyl (C=O) groups is 2. The highest BCUT2D eigenvalue weighted by molar-refractivity contribution is 7.87. The molecule has 0 heterocycles. The van der Waals surface area contributed by atoms with Gasteiger partial charge in [0.25, 0.3) is 0 Å². The molecule has 0 spiro atoms. The van der Waals surface area contributed by atoms with Crippen molar-refractivity contribution in [3.63, 3.8) is 0 Å². The fourth-order valence-corrected chi connectivity index (χ4v) is 3.54. The second-order valence-corrected chi connectivity index (χ2v) is 6.81. The van der Waals surface area contributed by atoms with Crippen LogP contribution in [-0.2, 0) is 21.3 Å². The van der Waals surface area contributed by atoms with E-state index in [1.807, 2.05) is 0 Å². The topological polar surface area (TPSA) is 86.7 Å². The highest BCUT2D eigenvalue weighted by Crippen LogP contribution is 2.32. The van der Waals surface area contributed by atoms with Crippen molar-refractivity contribution in [2.24, 2.45) is 0 Å². The monoisotopic (exact) mass is 346 g/mol. The largest absolute Gasteiger partial charge is 0.465 e. The Balaban J connectivity index is 1.90. The summed E-state index contributed by atoms with van der Waals surface area (Å²) in [6.07, 6.45) is 0.810. The Kier molecular flexibility index (Phi) is 4.11. The summed E-state index contributed by atoms with van der Waals surface area (Å²) in [5.41, 5.74) is 1.35. The average Bonchev–Trinajstić information content (AvgIpc) is 2.96. The van der Waals surface area contributed by atoms with Gasteiger partial charge in [0.05, 0.1) is 12.7 Å². The molecule has 1 aliphatic rings. The number of ether oxygens (including phenoxy) is 1. The summed E-state index contributed by atoms with van der Waals surface area (Å²) in [5.74, 6) is -0.412. The van der Waals surface area contributed by atoms with E-state index in [2.05, 4.69) is 4.74 Å². The van der Waals surface area contributed by atoms with E-state index in [1.165, 1.54) is 37.4 Å². The molecule has 0 N–H and O–H groups in total. The number of benzene rings is 2. The Hall–Kier alpha value is -2.67. The maximum atomic E-state index is 12.4. The van der Waals surface area contributed by atoms with Gasteiger partial charge in [-0.2, -0.15) is 8.42 Å². The first-order chi connectivity index (χ1) is 11.4. The molecule has 0 bridgehead atoms. The third-order valence-corrected chi connectivity index (χ3v) is 5.05. The van der Waals surface area contributed by atoms with Gasteiger partial charge in [0.1, 0.15) is 10.6 Å². The molecule has 0 unspecified atom stereocenters. The zero-order chi connectivity index (χ0) is 17.3. The Morgan fingerprint density at radius 2 is 1.75 bits per heavy atom. The number of carbonyl (C=O) groups excluding carboxylic acids is 2. The normalized spacial score (nSPS) is 13.5. The SMILES string of the molecule is COC(=O)c1ccc(S(=O)(=O)Oc2cccc3c2CCC3=O)cc1. The van der Waals surface area contributed by atoms with Crippen molar-refractivity contribution in [1.29, 1.82) is 0 Å². The van der Waals surface area contributed by atoms with Crippen molar-refractivity contribution in [1.82, 2.24) is 0 Å². The first-order valence-electron chi connectivity index (χ1n) is 7.20. The maximum absolute atomic E-state index is 12.4. The zero-order valence-electron chi connectivity index (χ0n) is 12.8. The smallest absolute Gasteiger partial charge is 0.339 e. The molecule has 2 aromatic rings. The molecule has 0 aromatic heterocycles. The Labute approximate surface area is 139 Å². The van der Waals surface area contributed by atoms with Gasteiger partial charge in [0.15, 0.2) is 5.78 Å². The Morgan fingerprint density at radius 3 is 2.42 bits per heavy atom. The quantitative estimate of drug-likeness (QED) is 0.624. The molecule has 0 saturated heterocycles. The summed E-state index contributed by atoms with van der Waals surface area (Å²) in [6, 6.07) is 10.0. The predicted molar refractivity (Wildman–Crippen MR) is 84.7 cm³/mol. The number of ketones is 1. The molecule has 3 rings (SSSR count). The molecular weight excluding hydrogens is 332 g/mol. The number of rotatable bonds is 4. The van der Waals surface area contributed by atoms with Gasteiger partial charge in [0.2, 0.25) is 0 Å². The lowest BCUT2D eigenvalue weighted by molar-refractivity contribution is 0.0600. The first kappa shape index (κ1) is 16.2. The van der Waals surface area contributed by atoms with Gasteiger partial charge in [-0.25, -0.2) is 4.79 Å². The summed E-state index contributed by atoms with van der Waals surface area (Å²) in [7, 11) is -2.82. The summed E-state index contributed by atoms with van der Waals surface area (Å²) >= 11 is 0. The maximum Gasteiger partial charge on any atom is 0.339 e. The summed E-state index contributed by atoms with van der Waals surface area (Å²) < 4.78 is 34.6. The van der Waals surface area contributed by atoms with Crippen molar-refractivity contribution in [3.05, 3.63) is 59.2 Å². The number of methoxy groups -OCH3 is 1. The number of fused-ring (bicyclic) bond motifs is 1. The third-order valence-electron chi connectivity index (χ3n) is 3.80. The van der Waals surface area contributed by atoms with Crippen molar-refractivity contribution in [2.45, 2.75) is 17.7 Å². The number of hydrogen-bond donors (Lipinski definition) is 0. The average molecular weight is 346 g/mol. The van der Waals surface area contributed by atoms with E-state index in [9.17, 15) is 18.0 Å². The van der Waals surface area contributed by atoms with Gasteiger partial charge in [-0.3, -0.25) is 4.79 Å². The lowest BCUT2D eigenvalue weighted by atomic mass is 10.1. The minimum absolute atomic E-state index is 0.0183. The van der Waals surface area contributed by atoms with Crippen molar-refractivity contribution in [3.8, 4) is 5.75 Å². The highest BCUT2D eigenvalue weighted by Gasteiger charge is 2.26. The fraction of sp³-hybridized carbons (Fsp3) is 0.176. The minimum Gasteiger partial charge on any atom is -0.465 e. The van der Waals surface area contributed by atoms with E-state index < -0.39 is 16.1 Å². The van der Waals surface area contributed by atoms with E-state index in [0.29, 0.717) is 24.0 Å². The first-order valence-corrected chi connectivity index (χ1v) is 8.61. The molecule has 7 heteroatoms. The lowest BCUT2D eigenvalue weighted by Crippen LogP contribution is -2.11. The molecule has 0 aliphatic heterocycles. The number of Topliss-reactive ketones (excluding diaryl/α,β-unsaturated/α-hetero) is 1. The molecule has 6 nitrogen and oxygen atoms in total. The van der Waals surface area contributed by atoms with Crippen LogP contribution < -0.4 is 4.18 Å². The molecule has 24 heavy (non-hydrogen) atoms. The zero-order valence-corrected chi connectivity index (χ0v) is 13.6. The van der Waals surface area contributed by atoms with Crippen LogP contribution in [0, 0.1) is 0 Å². The van der Waals surface area contributed by atoms with Crippen LogP contribution >= 0.6 is 0 Å². The molecule has 0 fully saturated rings. The van der Waals surface area contributed by atoms with Crippen molar-refractivity contribution < 1.29 is 26.9 Å². The number of hydrogen-bond acceptors (Lipinski definition) is 6. The van der Waals surface area contributed by atoms with E-state index in [4.69, 9.17) is 4.18 Å². The van der Waals surface area contributed by atoms with Gasteiger partial charge in [-0.05, 0) is 36.8 Å². The van der Waals surface area contributed by atoms with Crippen LogP contribution in [0.15, 0.2) is 47.4 Å². The van der Waals surface area contributed by atoms with Crippen LogP contribution in [0.1, 0.15) is 32.7 Å². The van der Waals surface area contributed by atoms with Gasteiger partial charge in [-0.1, -0.05) is 12.1 Å². The summed E-state index contributed by atoms with van der Waals surface area (Å²) in [4.78, 5) is 23.0. The molecule has 0 saturated carbocycles. The molecule has 2 aromatic carbocycles. The summed E-state index contributed by atoms with van der Waals surface area (Å²) in [6.45, 7) is 0. The van der Waals surface area contributed by atoms with E-state index >= 15 is 0 Å². The predicted octanol–water partition coefficient (Wildman–Crippen LogP) is 2.37. The number of esters is 1. The molecule has 1 aliphatic carbocycles. The van der Waals surface area contributed by atoms with Crippen LogP contribution in [0.2, 0.25) is 0 Å². The lowest BCUT2D eigenvalue weighted by Gasteiger charge is -2.10. The van der Waals surface area contributed by atoms with Crippen LogP contribution in [0.4, 0.5) is 0 Å². The standard InChI is InChI=1S/C17H14O6S/c1-22-17(19)11-5-7-12(8-6-11)24(20,21)23-16-4-2-3-13-14(16)9-10-15(13)18/h2-8H,9-10H2,1H3.